The first-order valence-electron chi connectivity index (χ1n) is 38.1. The molecule has 0 amide bonds. The maximum absolute atomic E-state index is 13.4. The summed E-state index contributed by atoms with van der Waals surface area (Å²) in [4.78, 5) is 0. The number of hydrogen-bond acceptors (Lipinski definition) is 9. The van der Waals surface area contributed by atoms with E-state index in [0.717, 1.165) is 147 Å². The Morgan fingerprint density at radius 1 is 0.287 bits per heavy atom. The molecule has 0 radical (unpaired) electrons. The largest absolute Gasteiger partial charge is 1.00 e. The van der Waals surface area contributed by atoms with Crippen LogP contribution in [-0.2, 0) is 6.42 Å². The summed E-state index contributed by atoms with van der Waals surface area (Å²) < 4.78 is 124. The van der Waals surface area contributed by atoms with Crippen molar-refractivity contribution < 1.29 is 85.6 Å². The Morgan fingerprint density at radius 3 is 0.696 bits per heavy atom. The molecule has 0 aliphatic rings. The SMILES string of the molecule is CC(C)C(N)CC[C@H](N)COc1cc(-c2ccc(F)cc2)cc(-c2ccc(F)cc2)c1.NCCC[C@@H](N)COc1cc(-c2ccc(F)cc2)cc(-c2ccc(F)cc2)c1.NCCC[C@H](N)COc1cc(-c2ccc(F)cc2)cc(-c2ccc(F)cc2)c1.[Cl-].[Cl-].[NH3+]C[C@H]([NH3+])CCc1cc(-c2ccc(F)cc2)cc(-c2ccc(F)cc2)c1. The molecule has 12 rings (SSSR count). The first-order chi connectivity index (χ1) is 54.5. The molecule has 21 heteroatoms. The summed E-state index contributed by atoms with van der Waals surface area (Å²) in [5.41, 5.74) is 59.2. The third kappa shape index (κ3) is 30.1. The fraction of sp³-hybridized carbons (Fsp3) is 0.234. The van der Waals surface area contributed by atoms with Gasteiger partial charge in [-0.2, -0.15) is 0 Å². The molecule has 0 saturated heterocycles. The summed E-state index contributed by atoms with van der Waals surface area (Å²) in [6.45, 7) is 7.31. The van der Waals surface area contributed by atoms with E-state index in [9.17, 15) is 35.1 Å². The van der Waals surface area contributed by atoms with Gasteiger partial charge in [-0.25, -0.2) is 35.1 Å². The third-order valence-corrected chi connectivity index (χ3v) is 19.1. The van der Waals surface area contributed by atoms with Gasteiger partial charge < -0.3 is 84.9 Å². The summed E-state index contributed by atoms with van der Waals surface area (Å²) in [5.74, 6) is 0.138. The van der Waals surface area contributed by atoms with E-state index in [0.29, 0.717) is 62.1 Å². The van der Waals surface area contributed by atoms with Crippen LogP contribution in [0.1, 0.15) is 64.4 Å². The van der Waals surface area contributed by atoms with E-state index in [-0.39, 0.29) is 95.5 Å². The lowest BCUT2D eigenvalue weighted by Crippen LogP contribution is -3.00. The predicted molar refractivity (Wildman–Crippen MR) is 441 cm³/mol. The Kier molecular flexibility index (Phi) is 37.5. The second-order valence-electron chi connectivity index (χ2n) is 28.5. The van der Waals surface area contributed by atoms with E-state index >= 15 is 0 Å². The lowest BCUT2D eigenvalue weighted by atomic mass is 9.94. The standard InChI is InChI=1S/C26H30F2N2O.2C23H24F2N2O.C22H22F2N2.2ClH/c1-17(2)26(30)12-11-24(29)16-31-25-14-20(18-3-7-22(27)8-4-18)13-21(15-25)19-5-9-23(28)10-6-19;2*24-20-7-3-16(4-8-20)18-12-19(17-5-9-21(25)10-6-17)14-23(13-18)28-15-22(27)2-1-11-26;23-20-6-2-16(3-7-20)18-11-15(1-10-22(26)14-25)12-19(13-18)17-4-8-21(24)9-5-17;;/h3-10,13-15,17,24,26H,11-12,16,29-30H2,1-2H3;2*3-10,12-14,22H,1-2,11,15,26-27H2;2-9,11-13,22H,1,10,14,25-26H2;2*1H/t24-,26?;3*22-;;/m0101../s1. The number of hydrogen-bond donors (Lipinski definition) is 8. The van der Waals surface area contributed by atoms with Crippen LogP contribution in [0.2, 0.25) is 0 Å². The van der Waals surface area contributed by atoms with E-state index in [1.54, 1.807) is 97.1 Å². The number of ether oxygens (including phenoxy) is 3. The molecule has 12 aromatic rings. The Labute approximate surface area is 682 Å². The molecular formula is C94H102Cl2F8N8O3. The molecule has 0 spiro atoms. The van der Waals surface area contributed by atoms with Gasteiger partial charge >= 0.3 is 0 Å². The lowest BCUT2D eigenvalue weighted by Gasteiger charge is -2.19. The van der Waals surface area contributed by atoms with Gasteiger partial charge in [-0.15, -0.1) is 0 Å². The van der Waals surface area contributed by atoms with Gasteiger partial charge in [0.2, 0.25) is 0 Å². The molecule has 5 atom stereocenters. The quantitative estimate of drug-likeness (QED) is 0.0193. The minimum atomic E-state index is -0.291. The lowest BCUT2D eigenvalue weighted by molar-refractivity contribution is -0.494. The summed E-state index contributed by atoms with van der Waals surface area (Å²) in [7, 11) is 0. The van der Waals surface area contributed by atoms with Crippen molar-refractivity contribution in [1.29, 1.82) is 0 Å². The average Bonchev–Trinajstić information content (AvgIpc) is 0.830. The van der Waals surface area contributed by atoms with Gasteiger partial charge in [-0.05, 0) is 316 Å². The minimum absolute atomic E-state index is 0. The summed E-state index contributed by atoms with van der Waals surface area (Å²) in [6, 6.07) is 74.5. The molecular weight excluding hydrogens is 1510 g/mol. The summed E-state index contributed by atoms with van der Waals surface area (Å²) in [5, 5.41) is 0. The van der Waals surface area contributed by atoms with Crippen LogP contribution in [0, 0.1) is 52.5 Å². The number of nitrogens with two attached hydrogens (primary N) is 6. The van der Waals surface area contributed by atoms with Crippen molar-refractivity contribution in [2.75, 3.05) is 39.5 Å². The number of halogens is 10. The van der Waals surface area contributed by atoms with E-state index < -0.39 is 0 Å². The molecule has 0 saturated carbocycles. The Morgan fingerprint density at radius 2 is 0.496 bits per heavy atom. The second kappa shape index (κ2) is 46.9. The molecule has 115 heavy (non-hydrogen) atoms. The van der Waals surface area contributed by atoms with Crippen molar-refractivity contribution in [3.8, 4) is 106 Å². The molecule has 18 N–H and O–H groups in total. The summed E-state index contributed by atoms with van der Waals surface area (Å²) >= 11 is 0. The fourth-order valence-corrected chi connectivity index (χ4v) is 12.2. The number of quaternary nitrogens is 2. The van der Waals surface area contributed by atoms with E-state index in [2.05, 4.69) is 43.5 Å². The van der Waals surface area contributed by atoms with Gasteiger partial charge in [0.1, 0.15) is 96.2 Å². The smallest absolute Gasteiger partial charge is 0.134 e. The Bertz CT molecular complexity index is 4460. The minimum Gasteiger partial charge on any atom is -1.00 e. The molecule has 12 aromatic carbocycles. The van der Waals surface area contributed by atoms with Gasteiger partial charge in [0.05, 0.1) is 0 Å². The molecule has 1 unspecified atom stereocenters. The van der Waals surface area contributed by atoms with Crippen molar-refractivity contribution >= 4 is 0 Å². The maximum Gasteiger partial charge on any atom is 0.134 e. The molecule has 0 fully saturated rings. The zero-order valence-corrected chi connectivity index (χ0v) is 66.2. The number of rotatable bonds is 31. The topological polar surface area (TPSA) is 239 Å². The fourth-order valence-electron chi connectivity index (χ4n) is 12.2. The van der Waals surface area contributed by atoms with Crippen molar-refractivity contribution in [3.05, 3.63) is 319 Å². The van der Waals surface area contributed by atoms with Crippen LogP contribution in [0.15, 0.2) is 267 Å². The first-order valence-corrected chi connectivity index (χ1v) is 38.1. The predicted octanol–water partition coefficient (Wildman–Crippen LogP) is 12.3. The molecule has 0 aromatic heterocycles. The van der Waals surface area contributed by atoms with Crippen molar-refractivity contribution in [1.82, 2.24) is 0 Å². The summed E-state index contributed by atoms with van der Waals surface area (Å²) in [6.07, 6.45) is 6.76. The normalized spacial score (nSPS) is 12.2. The highest BCUT2D eigenvalue weighted by Crippen LogP contribution is 2.37. The maximum atomic E-state index is 13.4. The van der Waals surface area contributed by atoms with Crippen LogP contribution in [0.4, 0.5) is 35.1 Å². The van der Waals surface area contributed by atoms with Crippen molar-refractivity contribution in [2.45, 2.75) is 95.4 Å². The van der Waals surface area contributed by atoms with Crippen LogP contribution in [0.5, 0.6) is 17.2 Å². The van der Waals surface area contributed by atoms with Gasteiger partial charge in [0, 0.05) is 30.6 Å². The molecule has 0 heterocycles. The Balaban J connectivity index is 0.000000211. The highest BCUT2D eigenvalue weighted by molar-refractivity contribution is 5.79. The Hall–Kier alpha value is -10.3. The molecule has 0 aliphatic carbocycles. The molecule has 0 bridgehead atoms. The van der Waals surface area contributed by atoms with E-state index in [1.165, 1.54) is 103 Å². The zero-order valence-electron chi connectivity index (χ0n) is 64.6. The molecule has 606 valence electrons. The van der Waals surface area contributed by atoms with Crippen LogP contribution in [0.3, 0.4) is 0 Å². The molecule has 11 nitrogen and oxygen atoms in total. The van der Waals surface area contributed by atoms with Crippen LogP contribution >= 0.6 is 0 Å². The first kappa shape index (κ1) is 91.9. The van der Waals surface area contributed by atoms with Gasteiger partial charge in [-0.1, -0.05) is 123 Å². The number of benzene rings is 12. The van der Waals surface area contributed by atoms with Gasteiger partial charge in [0.15, 0.2) is 0 Å². The van der Waals surface area contributed by atoms with Crippen LogP contribution < -0.4 is 84.9 Å². The van der Waals surface area contributed by atoms with Crippen molar-refractivity contribution in [2.24, 2.45) is 40.3 Å². The van der Waals surface area contributed by atoms with Crippen molar-refractivity contribution in [3.63, 3.8) is 0 Å². The highest BCUT2D eigenvalue weighted by Gasteiger charge is 2.17. The van der Waals surface area contributed by atoms with Crippen LogP contribution in [0.25, 0.3) is 89.0 Å². The highest BCUT2D eigenvalue weighted by atomic mass is 35.5. The van der Waals surface area contributed by atoms with Gasteiger partial charge in [-0.3, -0.25) is 0 Å². The van der Waals surface area contributed by atoms with E-state index in [4.69, 9.17) is 48.6 Å². The number of aryl methyl sites for hydroxylation is 1. The van der Waals surface area contributed by atoms with Gasteiger partial charge in [0.25, 0.3) is 0 Å². The van der Waals surface area contributed by atoms with Crippen LogP contribution in [-0.4, -0.2) is 69.7 Å². The molecule has 0 aliphatic heterocycles. The second-order valence-corrected chi connectivity index (χ2v) is 28.5. The average molecular weight is 1610 g/mol. The third-order valence-electron chi connectivity index (χ3n) is 19.1. The zero-order chi connectivity index (χ0) is 80.8. The van der Waals surface area contributed by atoms with E-state index in [1.807, 2.05) is 54.6 Å². The monoisotopic (exact) mass is 1610 g/mol.